The average Bonchev–Trinajstić information content (AvgIpc) is 2.73. The number of ether oxygens (including phenoxy) is 2. The van der Waals surface area contributed by atoms with Crippen LogP contribution in [0.3, 0.4) is 0 Å². The topological polar surface area (TPSA) is 59.9 Å². The molecule has 0 heterocycles. The third-order valence-electron chi connectivity index (χ3n) is 4.58. The molecule has 0 saturated heterocycles. The molecule has 0 saturated carbocycles. The van der Waals surface area contributed by atoms with E-state index in [4.69, 9.17) is 9.47 Å². The van der Waals surface area contributed by atoms with E-state index in [1.807, 2.05) is 50.2 Å². The molecular formula is C25H25BrN2O3. The van der Waals surface area contributed by atoms with E-state index in [1.54, 1.807) is 6.21 Å². The van der Waals surface area contributed by atoms with Gasteiger partial charge in [-0.25, -0.2) is 5.43 Å². The van der Waals surface area contributed by atoms with E-state index in [2.05, 4.69) is 57.6 Å². The Hall–Kier alpha value is -3.12. The van der Waals surface area contributed by atoms with Crippen molar-refractivity contribution in [2.45, 2.75) is 27.4 Å². The number of hydrazone groups is 1. The molecule has 5 nitrogen and oxygen atoms in total. The molecule has 31 heavy (non-hydrogen) atoms. The summed E-state index contributed by atoms with van der Waals surface area (Å²) in [6, 6.07) is 19.7. The van der Waals surface area contributed by atoms with Gasteiger partial charge in [0.05, 0.1) is 6.21 Å². The summed E-state index contributed by atoms with van der Waals surface area (Å²) < 4.78 is 12.4. The molecule has 0 aliphatic rings. The van der Waals surface area contributed by atoms with Gasteiger partial charge in [-0.05, 0) is 79.4 Å². The number of carbonyl (C=O) groups excluding carboxylic acids is 1. The van der Waals surface area contributed by atoms with Crippen LogP contribution in [0.25, 0.3) is 0 Å². The molecule has 0 aliphatic heterocycles. The van der Waals surface area contributed by atoms with Crippen LogP contribution < -0.4 is 14.9 Å². The van der Waals surface area contributed by atoms with Crippen LogP contribution in [0.1, 0.15) is 27.8 Å². The molecule has 0 aromatic heterocycles. The van der Waals surface area contributed by atoms with E-state index in [-0.39, 0.29) is 12.5 Å². The van der Waals surface area contributed by atoms with Gasteiger partial charge in [-0.2, -0.15) is 5.10 Å². The second-order valence-electron chi connectivity index (χ2n) is 7.29. The average molecular weight is 481 g/mol. The third kappa shape index (κ3) is 6.96. The van der Waals surface area contributed by atoms with Crippen LogP contribution in [0, 0.1) is 20.8 Å². The Morgan fingerprint density at radius 1 is 0.968 bits per heavy atom. The van der Waals surface area contributed by atoms with Crippen LogP contribution in [0.5, 0.6) is 11.5 Å². The lowest BCUT2D eigenvalue weighted by Gasteiger charge is -2.11. The summed E-state index contributed by atoms with van der Waals surface area (Å²) >= 11 is 3.45. The van der Waals surface area contributed by atoms with Crippen molar-refractivity contribution in [2.24, 2.45) is 5.10 Å². The Morgan fingerprint density at radius 3 is 2.26 bits per heavy atom. The first-order chi connectivity index (χ1) is 14.9. The third-order valence-corrected chi connectivity index (χ3v) is 5.04. The first-order valence-electron chi connectivity index (χ1n) is 9.90. The minimum atomic E-state index is -0.323. The van der Waals surface area contributed by atoms with E-state index >= 15 is 0 Å². The van der Waals surface area contributed by atoms with Gasteiger partial charge in [0.25, 0.3) is 5.91 Å². The highest BCUT2D eigenvalue weighted by atomic mass is 79.9. The Bertz CT molecular complexity index is 1040. The number of halogens is 1. The molecule has 1 amide bonds. The Labute approximate surface area is 191 Å². The molecule has 0 radical (unpaired) electrons. The van der Waals surface area contributed by atoms with E-state index in [9.17, 15) is 4.79 Å². The molecule has 0 fully saturated rings. The van der Waals surface area contributed by atoms with E-state index in [0.29, 0.717) is 12.4 Å². The minimum Gasteiger partial charge on any atom is -0.489 e. The zero-order chi connectivity index (χ0) is 22.2. The smallest absolute Gasteiger partial charge is 0.277 e. The molecule has 1 N–H and O–H groups in total. The summed E-state index contributed by atoms with van der Waals surface area (Å²) in [5, 5.41) is 3.99. The van der Waals surface area contributed by atoms with Gasteiger partial charge >= 0.3 is 0 Å². The molecule has 3 aromatic carbocycles. The summed E-state index contributed by atoms with van der Waals surface area (Å²) in [5.74, 6) is 1.16. The van der Waals surface area contributed by atoms with Gasteiger partial charge in [-0.1, -0.05) is 45.8 Å². The van der Waals surface area contributed by atoms with Crippen LogP contribution in [0.2, 0.25) is 0 Å². The molecule has 6 heteroatoms. The van der Waals surface area contributed by atoms with Gasteiger partial charge in [-0.3, -0.25) is 4.79 Å². The Balaban J connectivity index is 1.45. The van der Waals surface area contributed by atoms with Gasteiger partial charge in [0, 0.05) is 4.47 Å². The predicted octanol–water partition coefficient (Wildman–Crippen LogP) is 5.48. The molecular weight excluding hydrogens is 456 g/mol. The number of aryl methyl sites for hydroxylation is 3. The molecule has 0 aliphatic carbocycles. The summed E-state index contributed by atoms with van der Waals surface area (Å²) in [6.07, 6.45) is 1.58. The minimum absolute atomic E-state index is 0.105. The number of hydrogen-bond donors (Lipinski definition) is 1. The number of nitrogens with one attached hydrogen (secondary N) is 1. The molecule has 0 spiro atoms. The van der Waals surface area contributed by atoms with Crippen LogP contribution >= 0.6 is 15.9 Å². The second-order valence-corrected chi connectivity index (χ2v) is 8.21. The summed E-state index contributed by atoms with van der Waals surface area (Å²) in [4.78, 5) is 12.0. The van der Waals surface area contributed by atoms with E-state index < -0.39 is 0 Å². The monoisotopic (exact) mass is 480 g/mol. The maximum atomic E-state index is 12.0. The highest BCUT2D eigenvalue weighted by molar-refractivity contribution is 9.10. The van der Waals surface area contributed by atoms with Crippen LogP contribution in [-0.4, -0.2) is 18.7 Å². The maximum Gasteiger partial charge on any atom is 0.277 e. The molecule has 160 valence electrons. The van der Waals surface area contributed by atoms with E-state index in [1.165, 1.54) is 5.56 Å². The Morgan fingerprint density at radius 2 is 1.61 bits per heavy atom. The van der Waals surface area contributed by atoms with Gasteiger partial charge in [0.1, 0.15) is 18.1 Å². The van der Waals surface area contributed by atoms with Crippen LogP contribution in [-0.2, 0) is 11.4 Å². The normalized spacial score (nSPS) is 10.8. The van der Waals surface area contributed by atoms with Crippen molar-refractivity contribution >= 4 is 28.1 Å². The molecule has 0 bridgehead atoms. The van der Waals surface area contributed by atoms with Crippen molar-refractivity contribution < 1.29 is 14.3 Å². The van der Waals surface area contributed by atoms with Gasteiger partial charge in [0.15, 0.2) is 6.61 Å². The molecule has 3 aromatic rings. The first kappa shape index (κ1) is 22.6. The van der Waals surface area contributed by atoms with Crippen molar-refractivity contribution in [1.29, 1.82) is 0 Å². The van der Waals surface area contributed by atoms with Gasteiger partial charge in [0.2, 0.25) is 0 Å². The fraction of sp³-hybridized carbons (Fsp3) is 0.200. The number of carbonyl (C=O) groups is 1. The quantitative estimate of drug-likeness (QED) is 0.342. The van der Waals surface area contributed by atoms with Gasteiger partial charge in [-0.15, -0.1) is 0 Å². The number of hydrogen-bond acceptors (Lipinski definition) is 4. The lowest BCUT2D eigenvalue weighted by Crippen LogP contribution is -2.25. The lowest BCUT2D eigenvalue weighted by atomic mass is 10.1. The summed E-state index contributed by atoms with van der Waals surface area (Å²) in [5.41, 5.74) is 7.61. The zero-order valence-corrected chi connectivity index (χ0v) is 19.4. The second kappa shape index (κ2) is 10.8. The Kier molecular flexibility index (Phi) is 7.84. The first-order valence-corrected chi connectivity index (χ1v) is 10.7. The number of nitrogens with zero attached hydrogens (tertiary/aromatic N) is 1. The van der Waals surface area contributed by atoms with Crippen molar-refractivity contribution in [1.82, 2.24) is 5.43 Å². The largest absolute Gasteiger partial charge is 0.489 e. The molecule has 0 unspecified atom stereocenters. The van der Waals surface area contributed by atoms with Crippen LogP contribution in [0.4, 0.5) is 0 Å². The van der Waals surface area contributed by atoms with Crippen LogP contribution in [0.15, 0.2) is 70.2 Å². The van der Waals surface area contributed by atoms with Crippen molar-refractivity contribution in [3.05, 3.63) is 93.0 Å². The van der Waals surface area contributed by atoms with Gasteiger partial charge < -0.3 is 9.47 Å². The number of benzene rings is 3. The standard InChI is InChI=1S/C25H25BrN2O3/c1-17-4-6-21(7-5-17)15-30-23-10-8-20(9-11-23)14-27-28-24(29)16-31-25-18(2)12-22(26)13-19(25)3/h4-14H,15-16H2,1-3H3,(H,28,29)/b27-14+. The van der Waals surface area contributed by atoms with Crippen molar-refractivity contribution in [3.8, 4) is 11.5 Å². The fourth-order valence-electron chi connectivity index (χ4n) is 2.97. The lowest BCUT2D eigenvalue weighted by molar-refractivity contribution is -0.123. The summed E-state index contributed by atoms with van der Waals surface area (Å²) in [6.45, 7) is 6.35. The number of amides is 1. The molecule has 0 atom stereocenters. The fourth-order valence-corrected chi connectivity index (χ4v) is 3.66. The highest BCUT2D eigenvalue weighted by Gasteiger charge is 2.08. The predicted molar refractivity (Wildman–Crippen MR) is 127 cm³/mol. The summed E-state index contributed by atoms with van der Waals surface area (Å²) in [7, 11) is 0. The molecule has 3 rings (SSSR count). The highest BCUT2D eigenvalue weighted by Crippen LogP contribution is 2.27. The zero-order valence-electron chi connectivity index (χ0n) is 17.8. The van der Waals surface area contributed by atoms with E-state index in [0.717, 1.165) is 32.5 Å². The van der Waals surface area contributed by atoms with Crippen molar-refractivity contribution in [3.63, 3.8) is 0 Å². The van der Waals surface area contributed by atoms with Crippen molar-refractivity contribution in [2.75, 3.05) is 6.61 Å². The maximum absolute atomic E-state index is 12.0. The number of rotatable bonds is 8. The SMILES string of the molecule is Cc1ccc(COc2ccc(/C=N/NC(=O)COc3c(C)cc(Br)cc3C)cc2)cc1.